The molecule has 0 fully saturated rings. The van der Waals surface area contributed by atoms with E-state index in [2.05, 4.69) is 0 Å². The van der Waals surface area contributed by atoms with Crippen LogP contribution in [0.4, 0.5) is 0 Å². The van der Waals surface area contributed by atoms with Crippen LogP contribution in [0, 0.1) is 11.8 Å². The predicted molar refractivity (Wildman–Crippen MR) is 70.2 cm³/mol. The first-order valence-electron chi connectivity index (χ1n) is 6.78. The lowest BCUT2D eigenvalue weighted by molar-refractivity contribution is -0.150. The van der Waals surface area contributed by atoms with Crippen LogP contribution in [0.3, 0.4) is 0 Å². The van der Waals surface area contributed by atoms with Crippen LogP contribution in [-0.2, 0) is 9.59 Å². The van der Waals surface area contributed by atoms with Gasteiger partial charge in [-0.05, 0) is 25.7 Å². The largest absolute Gasteiger partial charge is 0.481 e. The second-order valence-corrected chi connectivity index (χ2v) is 4.82. The summed E-state index contributed by atoms with van der Waals surface area (Å²) in [7, 11) is 0. The molecule has 1 aliphatic carbocycles. The van der Waals surface area contributed by atoms with Crippen LogP contribution in [0.15, 0.2) is 12.2 Å². The summed E-state index contributed by atoms with van der Waals surface area (Å²) in [5.41, 5.74) is 0. The summed E-state index contributed by atoms with van der Waals surface area (Å²) in [6.45, 7) is 5.51. The summed E-state index contributed by atoms with van der Waals surface area (Å²) in [6.07, 6.45) is 6.64. The minimum atomic E-state index is -0.856. The Kier molecular flexibility index (Phi) is 5.89. The van der Waals surface area contributed by atoms with Crippen molar-refractivity contribution in [2.45, 2.75) is 39.5 Å². The maximum absolute atomic E-state index is 12.4. The Hall–Kier alpha value is -1.32. The number of carbonyl (C=O) groups excluding carboxylic acids is 1. The smallest absolute Gasteiger partial charge is 0.307 e. The quantitative estimate of drug-likeness (QED) is 0.739. The summed E-state index contributed by atoms with van der Waals surface area (Å²) in [6, 6.07) is 0. The van der Waals surface area contributed by atoms with Gasteiger partial charge < -0.3 is 10.0 Å². The summed E-state index contributed by atoms with van der Waals surface area (Å²) in [5, 5.41) is 9.19. The number of hydrogen-bond acceptors (Lipinski definition) is 2. The molecule has 0 heterocycles. The van der Waals surface area contributed by atoms with Crippen molar-refractivity contribution in [1.29, 1.82) is 0 Å². The predicted octanol–water partition coefficient (Wildman–Crippen LogP) is 2.30. The van der Waals surface area contributed by atoms with Crippen LogP contribution in [-0.4, -0.2) is 35.0 Å². The van der Waals surface area contributed by atoms with E-state index in [-0.39, 0.29) is 11.8 Å². The molecule has 2 atom stereocenters. The van der Waals surface area contributed by atoms with E-state index in [1.165, 1.54) is 0 Å². The van der Waals surface area contributed by atoms with Gasteiger partial charge in [0.05, 0.1) is 11.8 Å². The molecule has 1 amide bonds. The lowest BCUT2D eigenvalue weighted by atomic mass is 9.82. The molecule has 0 aliphatic heterocycles. The maximum atomic E-state index is 12.4. The van der Waals surface area contributed by atoms with E-state index in [1.54, 1.807) is 0 Å². The van der Waals surface area contributed by atoms with E-state index < -0.39 is 11.9 Å². The Morgan fingerprint density at radius 2 is 1.61 bits per heavy atom. The molecule has 102 valence electrons. The summed E-state index contributed by atoms with van der Waals surface area (Å²) in [4.78, 5) is 25.4. The van der Waals surface area contributed by atoms with Crippen molar-refractivity contribution in [1.82, 2.24) is 4.90 Å². The van der Waals surface area contributed by atoms with Crippen LogP contribution < -0.4 is 0 Å². The minimum absolute atomic E-state index is 0.00968. The van der Waals surface area contributed by atoms with Crippen molar-refractivity contribution in [3.05, 3.63) is 12.2 Å². The summed E-state index contributed by atoms with van der Waals surface area (Å²) >= 11 is 0. The molecule has 0 aromatic heterocycles. The molecule has 4 nitrogen and oxygen atoms in total. The molecule has 0 aromatic carbocycles. The van der Waals surface area contributed by atoms with Crippen LogP contribution >= 0.6 is 0 Å². The second-order valence-electron chi connectivity index (χ2n) is 4.82. The van der Waals surface area contributed by atoms with Crippen molar-refractivity contribution in [2.75, 3.05) is 13.1 Å². The molecule has 18 heavy (non-hydrogen) atoms. The average Bonchev–Trinajstić information content (AvgIpc) is 2.37. The highest BCUT2D eigenvalue weighted by atomic mass is 16.4. The third-order valence-electron chi connectivity index (χ3n) is 3.37. The molecule has 0 radical (unpaired) electrons. The number of nitrogens with zero attached hydrogens (tertiary/aromatic N) is 1. The first-order valence-corrected chi connectivity index (χ1v) is 6.78. The Bertz CT molecular complexity index is 319. The number of carboxylic acids is 1. The Morgan fingerprint density at radius 3 is 2.06 bits per heavy atom. The first-order chi connectivity index (χ1) is 8.61. The van der Waals surface area contributed by atoms with Crippen molar-refractivity contribution in [3.63, 3.8) is 0 Å². The normalized spacial score (nSPS) is 22.8. The standard InChI is InChI=1S/C14H23NO3/c1-3-9-15(10-4-2)13(16)11-7-5-6-8-12(11)14(17)18/h5-6,11-12H,3-4,7-10H2,1-2H3,(H,17,18). The van der Waals surface area contributed by atoms with Gasteiger partial charge >= 0.3 is 5.97 Å². The highest BCUT2D eigenvalue weighted by Gasteiger charge is 2.35. The van der Waals surface area contributed by atoms with Gasteiger partial charge in [-0.1, -0.05) is 26.0 Å². The Morgan fingerprint density at radius 1 is 1.11 bits per heavy atom. The highest BCUT2D eigenvalue weighted by Crippen LogP contribution is 2.27. The fourth-order valence-electron chi connectivity index (χ4n) is 2.47. The van der Waals surface area contributed by atoms with E-state index in [9.17, 15) is 14.7 Å². The minimum Gasteiger partial charge on any atom is -0.481 e. The molecule has 0 spiro atoms. The monoisotopic (exact) mass is 253 g/mol. The van der Waals surface area contributed by atoms with Crippen molar-refractivity contribution < 1.29 is 14.7 Å². The molecular formula is C14H23NO3. The zero-order valence-electron chi connectivity index (χ0n) is 11.3. The molecule has 2 unspecified atom stereocenters. The van der Waals surface area contributed by atoms with Gasteiger partial charge in [-0.2, -0.15) is 0 Å². The lowest BCUT2D eigenvalue weighted by Crippen LogP contribution is -2.42. The molecule has 0 bridgehead atoms. The fourth-order valence-corrected chi connectivity index (χ4v) is 2.47. The van der Waals surface area contributed by atoms with Crippen LogP contribution in [0.5, 0.6) is 0 Å². The SMILES string of the molecule is CCCN(CCC)C(=O)C1CC=CCC1C(=O)O. The van der Waals surface area contributed by atoms with E-state index in [1.807, 2.05) is 30.9 Å². The van der Waals surface area contributed by atoms with Gasteiger partial charge in [-0.3, -0.25) is 9.59 Å². The molecular weight excluding hydrogens is 230 g/mol. The first kappa shape index (κ1) is 14.7. The van der Waals surface area contributed by atoms with Gasteiger partial charge in [0.25, 0.3) is 0 Å². The van der Waals surface area contributed by atoms with E-state index in [0.717, 1.165) is 25.9 Å². The molecule has 4 heteroatoms. The topological polar surface area (TPSA) is 57.6 Å². The Balaban J connectivity index is 2.78. The van der Waals surface area contributed by atoms with Crippen molar-refractivity contribution in [3.8, 4) is 0 Å². The lowest BCUT2D eigenvalue weighted by Gasteiger charge is -2.30. The number of amides is 1. The Labute approximate surface area is 109 Å². The number of aliphatic carboxylic acids is 1. The molecule has 0 saturated heterocycles. The maximum Gasteiger partial charge on any atom is 0.307 e. The number of allylic oxidation sites excluding steroid dienone is 2. The molecule has 1 aliphatic rings. The van der Waals surface area contributed by atoms with E-state index in [4.69, 9.17) is 0 Å². The number of carboxylic acid groups (broad SMARTS) is 1. The van der Waals surface area contributed by atoms with E-state index in [0.29, 0.717) is 12.8 Å². The van der Waals surface area contributed by atoms with Gasteiger partial charge in [-0.25, -0.2) is 0 Å². The van der Waals surface area contributed by atoms with Crippen LogP contribution in [0.25, 0.3) is 0 Å². The molecule has 0 aromatic rings. The van der Waals surface area contributed by atoms with Crippen LogP contribution in [0.1, 0.15) is 39.5 Å². The van der Waals surface area contributed by atoms with Crippen molar-refractivity contribution >= 4 is 11.9 Å². The van der Waals surface area contributed by atoms with Gasteiger partial charge in [0, 0.05) is 13.1 Å². The van der Waals surface area contributed by atoms with Gasteiger partial charge in [0.15, 0.2) is 0 Å². The zero-order valence-corrected chi connectivity index (χ0v) is 11.3. The summed E-state index contributed by atoms with van der Waals surface area (Å²) < 4.78 is 0. The van der Waals surface area contributed by atoms with Crippen LogP contribution in [0.2, 0.25) is 0 Å². The van der Waals surface area contributed by atoms with Gasteiger partial charge in [0.2, 0.25) is 5.91 Å². The zero-order chi connectivity index (χ0) is 13.5. The third-order valence-corrected chi connectivity index (χ3v) is 3.37. The van der Waals surface area contributed by atoms with E-state index >= 15 is 0 Å². The second kappa shape index (κ2) is 7.19. The van der Waals surface area contributed by atoms with Gasteiger partial charge in [-0.15, -0.1) is 0 Å². The molecule has 1 N–H and O–H groups in total. The molecule has 0 saturated carbocycles. The molecule has 1 rings (SSSR count). The number of hydrogen-bond donors (Lipinski definition) is 1. The van der Waals surface area contributed by atoms with Gasteiger partial charge in [0.1, 0.15) is 0 Å². The summed E-state index contributed by atoms with van der Waals surface area (Å²) in [5.74, 6) is -1.79. The third kappa shape index (κ3) is 3.59. The number of carbonyl (C=O) groups is 2. The highest BCUT2D eigenvalue weighted by molar-refractivity contribution is 5.85. The number of rotatable bonds is 6. The van der Waals surface area contributed by atoms with Crippen molar-refractivity contribution in [2.24, 2.45) is 11.8 Å². The average molecular weight is 253 g/mol. The fraction of sp³-hybridized carbons (Fsp3) is 0.714.